The standard InChI is InChI=1S/C16H24BrNO2S/c1-2-11-18-15(13-7-3-4-8-13)12-21(19,20)16-10-6-5-9-14(16)17/h5-6,9-10,13,15,18H,2-4,7-8,11-12H2,1H3. The van der Waals surface area contributed by atoms with Gasteiger partial charge in [0, 0.05) is 10.5 Å². The molecule has 1 atom stereocenters. The zero-order valence-electron chi connectivity index (χ0n) is 12.5. The highest BCUT2D eigenvalue weighted by molar-refractivity contribution is 9.10. The molecule has 1 N–H and O–H groups in total. The smallest absolute Gasteiger partial charge is 0.181 e. The maximum atomic E-state index is 12.7. The number of hydrogen-bond donors (Lipinski definition) is 1. The van der Waals surface area contributed by atoms with E-state index in [1.165, 1.54) is 12.8 Å². The van der Waals surface area contributed by atoms with Gasteiger partial charge >= 0.3 is 0 Å². The van der Waals surface area contributed by atoms with Gasteiger partial charge in [-0.1, -0.05) is 31.9 Å². The molecule has 0 heterocycles. The summed E-state index contributed by atoms with van der Waals surface area (Å²) in [5.74, 6) is 0.689. The lowest BCUT2D eigenvalue weighted by molar-refractivity contribution is 0.382. The molecular formula is C16H24BrNO2S. The summed E-state index contributed by atoms with van der Waals surface area (Å²) >= 11 is 3.36. The minimum Gasteiger partial charge on any atom is -0.313 e. The van der Waals surface area contributed by atoms with Crippen molar-refractivity contribution in [3.63, 3.8) is 0 Å². The van der Waals surface area contributed by atoms with Crippen molar-refractivity contribution in [2.45, 2.75) is 50.0 Å². The Morgan fingerprint density at radius 1 is 1.29 bits per heavy atom. The number of nitrogens with one attached hydrogen (secondary N) is 1. The molecule has 1 fully saturated rings. The summed E-state index contributed by atoms with van der Waals surface area (Å²) in [6, 6.07) is 7.17. The van der Waals surface area contributed by atoms with Crippen LogP contribution in [0.3, 0.4) is 0 Å². The zero-order chi connectivity index (χ0) is 15.3. The largest absolute Gasteiger partial charge is 0.313 e. The number of benzene rings is 1. The van der Waals surface area contributed by atoms with E-state index in [-0.39, 0.29) is 11.8 Å². The van der Waals surface area contributed by atoms with Crippen LogP contribution in [-0.2, 0) is 9.84 Å². The highest BCUT2D eigenvalue weighted by Gasteiger charge is 2.30. The Kier molecular flexibility index (Phi) is 6.26. The maximum Gasteiger partial charge on any atom is 0.181 e. The van der Waals surface area contributed by atoms with Gasteiger partial charge < -0.3 is 5.32 Å². The molecule has 1 aliphatic rings. The maximum absolute atomic E-state index is 12.7. The van der Waals surface area contributed by atoms with E-state index < -0.39 is 9.84 Å². The van der Waals surface area contributed by atoms with E-state index in [1.54, 1.807) is 18.2 Å². The van der Waals surface area contributed by atoms with Crippen molar-refractivity contribution in [1.29, 1.82) is 0 Å². The fraction of sp³-hybridized carbons (Fsp3) is 0.625. The third-order valence-electron chi connectivity index (χ3n) is 4.20. The summed E-state index contributed by atoms with van der Waals surface area (Å²) < 4.78 is 26.1. The number of sulfone groups is 1. The molecule has 5 heteroatoms. The van der Waals surface area contributed by atoms with Crippen LogP contribution in [0.2, 0.25) is 0 Å². The lowest BCUT2D eigenvalue weighted by Gasteiger charge is -2.24. The molecule has 0 aliphatic heterocycles. The normalized spacial score (nSPS) is 18.0. The van der Waals surface area contributed by atoms with Crippen molar-refractivity contribution in [3.05, 3.63) is 28.7 Å². The quantitative estimate of drug-likeness (QED) is 0.790. The summed E-state index contributed by atoms with van der Waals surface area (Å²) in [5, 5.41) is 3.46. The summed E-state index contributed by atoms with van der Waals surface area (Å²) in [6.45, 7) is 2.99. The first-order valence-corrected chi connectivity index (χ1v) is 10.2. The van der Waals surface area contributed by atoms with E-state index in [4.69, 9.17) is 0 Å². The van der Waals surface area contributed by atoms with E-state index in [0.29, 0.717) is 15.3 Å². The second kappa shape index (κ2) is 7.75. The van der Waals surface area contributed by atoms with Crippen molar-refractivity contribution < 1.29 is 8.42 Å². The average molecular weight is 374 g/mol. The van der Waals surface area contributed by atoms with Gasteiger partial charge in [0.2, 0.25) is 0 Å². The molecule has 1 unspecified atom stereocenters. The molecular weight excluding hydrogens is 350 g/mol. The van der Waals surface area contributed by atoms with E-state index in [9.17, 15) is 8.42 Å². The molecule has 1 saturated carbocycles. The Labute approximate surface area is 136 Å². The number of hydrogen-bond acceptors (Lipinski definition) is 3. The minimum absolute atomic E-state index is 0.0737. The molecule has 0 amide bonds. The zero-order valence-corrected chi connectivity index (χ0v) is 14.9. The van der Waals surface area contributed by atoms with Gasteiger partial charge in [-0.2, -0.15) is 0 Å². The summed E-state index contributed by atoms with van der Waals surface area (Å²) in [6.07, 6.45) is 5.77. The molecule has 21 heavy (non-hydrogen) atoms. The molecule has 1 aliphatic carbocycles. The van der Waals surface area contributed by atoms with Crippen molar-refractivity contribution in [2.75, 3.05) is 12.3 Å². The van der Waals surface area contributed by atoms with Crippen LogP contribution in [0.1, 0.15) is 39.0 Å². The lowest BCUT2D eigenvalue weighted by atomic mass is 10.00. The van der Waals surface area contributed by atoms with Crippen molar-refractivity contribution in [3.8, 4) is 0 Å². The van der Waals surface area contributed by atoms with Gasteiger partial charge in [0.05, 0.1) is 10.6 Å². The first kappa shape index (κ1) is 17.0. The minimum atomic E-state index is -3.27. The van der Waals surface area contributed by atoms with Crippen molar-refractivity contribution in [2.24, 2.45) is 5.92 Å². The Balaban J connectivity index is 2.16. The second-order valence-electron chi connectivity index (χ2n) is 5.82. The van der Waals surface area contributed by atoms with Gasteiger partial charge in [0.15, 0.2) is 9.84 Å². The van der Waals surface area contributed by atoms with Crippen LogP contribution in [0.25, 0.3) is 0 Å². The fourth-order valence-electron chi connectivity index (χ4n) is 3.07. The molecule has 2 rings (SSSR count). The molecule has 0 spiro atoms. The molecule has 1 aromatic carbocycles. The summed E-state index contributed by atoms with van der Waals surface area (Å²) in [4.78, 5) is 0.409. The molecule has 118 valence electrons. The van der Waals surface area contributed by atoms with Crippen LogP contribution in [0.4, 0.5) is 0 Å². The third-order valence-corrected chi connectivity index (χ3v) is 6.97. The highest BCUT2D eigenvalue weighted by Crippen LogP contribution is 2.30. The van der Waals surface area contributed by atoms with Gasteiger partial charge in [0.25, 0.3) is 0 Å². The third kappa shape index (κ3) is 4.54. The second-order valence-corrected chi connectivity index (χ2v) is 8.67. The van der Waals surface area contributed by atoms with Gasteiger partial charge in [0.1, 0.15) is 0 Å². The van der Waals surface area contributed by atoms with E-state index in [1.807, 2.05) is 6.07 Å². The van der Waals surface area contributed by atoms with Gasteiger partial charge in [-0.3, -0.25) is 0 Å². The summed E-state index contributed by atoms with van der Waals surface area (Å²) in [7, 11) is -3.27. The van der Waals surface area contributed by atoms with Crippen LogP contribution < -0.4 is 5.32 Å². The van der Waals surface area contributed by atoms with Crippen LogP contribution >= 0.6 is 15.9 Å². The highest BCUT2D eigenvalue weighted by atomic mass is 79.9. The van der Waals surface area contributed by atoms with Crippen LogP contribution in [0.5, 0.6) is 0 Å². The van der Waals surface area contributed by atoms with E-state index >= 15 is 0 Å². The van der Waals surface area contributed by atoms with Crippen LogP contribution in [-0.4, -0.2) is 26.8 Å². The Morgan fingerprint density at radius 3 is 2.57 bits per heavy atom. The monoisotopic (exact) mass is 373 g/mol. The van der Waals surface area contributed by atoms with Crippen LogP contribution in [0, 0.1) is 5.92 Å². The van der Waals surface area contributed by atoms with E-state index in [2.05, 4.69) is 28.2 Å². The lowest BCUT2D eigenvalue weighted by Crippen LogP contribution is -2.41. The van der Waals surface area contributed by atoms with Gasteiger partial charge in [-0.05, 0) is 59.8 Å². The molecule has 0 aromatic heterocycles. The fourth-order valence-corrected chi connectivity index (χ4v) is 5.79. The predicted octanol–water partition coefficient (Wildman–Crippen LogP) is 3.78. The predicted molar refractivity (Wildman–Crippen MR) is 90.2 cm³/mol. The molecule has 0 bridgehead atoms. The molecule has 1 aromatic rings. The van der Waals surface area contributed by atoms with E-state index in [0.717, 1.165) is 25.8 Å². The molecule has 0 saturated heterocycles. The molecule has 0 radical (unpaired) electrons. The Morgan fingerprint density at radius 2 is 1.95 bits per heavy atom. The van der Waals surface area contributed by atoms with Crippen molar-refractivity contribution in [1.82, 2.24) is 5.32 Å². The number of halogens is 1. The Bertz CT molecular complexity index is 553. The first-order valence-electron chi connectivity index (χ1n) is 7.75. The number of rotatable bonds is 7. The Hall–Kier alpha value is -0.390. The average Bonchev–Trinajstić information content (AvgIpc) is 2.97. The first-order chi connectivity index (χ1) is 10.0. The topological polar surface area (TPSA) is 46.2 Å². The molecule has 3 nitrogen and oxygen atoms in total. The van der Waals surface area contributed by atoms with Gasteiger partial charge in [-0.25, -0.2) is 8.42 Å². The SMILES string of the molecule is CCCNC(CS(=O)(=O)c1ccccc1Br)C1CCCC1. The van der Waals surface area contributed by atoms with Crippen molar-refractivity contribution >= 4 is 25.8 Å². The summed E-state index contributed by atoms with van der Waals surface area (Å²) in [5.41, 5.74) is 0. The van der Waals surface area contributed by atoms with Gasteiger partial charge in [-0.15, -0.1) is 0 Å². The van der Waals surface area contributed by atoms with Crippen LogP contribution in [0.15, 0.2) is 33.6 Å².